The maximum atomic E-state index is 11.9. The number of rotatable bonds is 4. The quantitative estimate of drug-likeness (QED) is 0.855. The van der Waals surface area contributed by atoms with Crippen LogP contribution in [0.5, 0.6) is 0 Å². The smallest absolute Gasteiger partial charge is 0.338 e. The van der Waals surface area contributed by atoms with E-state index in [4.69, 9.17) is 9.47 Å². The summed E-state index contributed by atoms with van der Waals surface area (Å²) in [7, 11) is 0. The van der Waals surface area contributed by atoms with Crippen LogP contribution in [0.1, 0.15) is 30.1 Å². The summed E-state index contributed by atoms with van der Waals surface area (Å²) in [5.41, 5.74) is 1.05. The molecule has 1 aromatic carbocycles. The molecule has 1 atom stereocenters. The number of carbonyl (C=O) groups is 2. The number of benzene rings is 1. The van der Waals surface area contributed by atoms with Crippen LogP contribution in [0.2, 0.25) is 0 Å². The highest BCUT2D eigenvalue weighted by Crippen LogP contribution is 2.25. The molecule has 1 amide bonds. The van der Waals surface area contributed by atoms with Gasteiger partial charge >= 0.3 is 5.97 Å². The third kappa shape index (κ3) is 3.58. The van der Waals surface area contributed by atoms with Crippen LogP contribution in [0.15, 0.2) is 22.7 Å². The number of hydrogen-bond donors (Lipinski definition) is 1. The maximum absolute atomic E-state index is 11.9. The molecule has 1 heterocycles. The minimum absolute atomic E-state index is 0.160. The van der Waals surface area contributed by atoms with Gasteiger partial charge in [-0.05, 0) is 53.9 Å². The second-order valence-corrected chi connectivity index (χ2v) is 5.26. The number of amides is 1. The Labute approximate surface area is 125 Å². The van der Waals surface area contributed by atoms with Crippen molar-refractivity contribution in [3.05, 3.63) is 28.2 Å². The van der Waals surface area contributed by atoms with E-state index in [1.807, 2.05) is 0 Å². The Bertz CT molecular complexity index is 512. The average molecular weight is 342 g/mol. The predicted molar refractivity (Wildman–Crippen MR) is 77.7 cm³/mol. The van der Waals surface area contributed by atoms with Gasteiger partial charge < -0.3 is 14.8 Å². The highest BCUT2D eigenvalue weighted by atomic mass is 79.9. The van der Waals surface area contributed by atoms with Crippen LogP contribution >= 0.6 is 15.9 Å². The average Bonchev–Trinajstić information content (AvgIpc) is 2.95. The van der Waals surface area contributed by atoms with Crippen molar-refractivity contribution in [2.45, 2.75) is 25.9 Å². The molecule has 1 aliphatic rings. The zero-order chi connectivity index (χ0) is 14.5. The fraction of sp³-hybridized carbons (Fsp3) is 0.429. The maximum Gasteiger partial charge on any atom is 0.338 e. The van der Waals surface area contributed by atoms with Crippen molar-refractivity contribution in [1.82, 2.24) is 0 Å². The van der Waals surface area contributed by atoms with Gasteiger partial charge in [-0.2, -0.15) is 0 Å². The molecule has 108 valence electrons. The van der Waals surface area contributed by atoms with E-state index in [0.717, 1.165) is 12.8 Å². The Kier molecular flexibility index (Phi) is 5.14. The van der Waals surface area contributed by atoms with Gasteiger partial charge in [-0.15, -0.1) is 0 Å². The van der Waals surface area contributed by atoms with Crippen molar-refractivity contribution in [1.29, 1.82) is 0 Å². The van der Waals surface area contributed by atoms with Crippen molar-refractivity contribution in [3.8, 4) is 0 Å². The highest BCUT2D eigenvalue weighted by Gasteiger charge is 2.24. The molecule has 20 heavy (non-hydrogen) atoms. The Morgan fingerprint density at radius 1 is 1.50 bits per heavy atom. The molecular formula is C14H16BrNO4. The summed E-state index contributed by atoms with van der Waals surface area (Å²) in [6.45, 7) is 2.71. The van der Waals surface area contributed by atoms with Crippen LogP contribution in [-0.4, -0.2) is 31.2 Å². The third-order valence-corrected chi connectivity index (χ3v) is 3.62. The minimum Gasteiger partial charge on any atom is -0.462 e. The molecule has 0 saturated carbocycles. The summed E-state index contributed by atoms with van der Waals surface area (Å²) in [4.78, 5) is 23.5. The van der Waals surface area contributed by atoms with E-state index in [1.165, 1.54) is 0 Å². The van der Waals surface area contributed by atoms with E-state index < -0.39 is 0 Å². The van der Waals surface area contributed by atoms with Crippen molar-refractivity contribution in [2.24, 2.45) is 0 Å². The van der Waals surface area contributed by atoms with E-state index in [1.54, 1.807) is 25.1 Å². The molecule has 2 rings (SSSR count). The lowest BCUT2D eigenvalue weighted by Crippen LogP contribution is -2.27. The molecule has 1 aromatic rings. The number of nitrogens with one attached hydrogen (secondary N) is 1. The van der Waals surface area contributed by atoms with E-state index in [2.05, 4.69) is 21.2 Å². The Balaban J connectivity index is 2.05. The predicted octanol–water partition coefficient (Wildman–Crippen LogP) is 2.74. The number of halogens is 1. The van der Waals surface area contributed by atoms with Crippen LogP contribution in [-0.2, 0) is 14.3 Å². The summed E-state index contributed by atoms with van der Waals surface area (Å²) in [6.07, 6.45) is 1.26. The van der Waals surface area contributed by atoms with Gasteiger partial charge in [0.25, 0.3) is 5.91 Å². The summed E-state index contributed by atoms with van der Waals surface area (Å²) < 4.78 is 10.9. The number of carbonyl (C=O) groups excluding carboxylic acids is 2. The van der Waals surface area contributed by atoms with Gasteiger partial charge in [0.15, 0.2) is 0 Å². The van der Waals surface area contributed by atoms with Crippen molar-refractivity contribution in [2.75, 3.05) is 18.5 Å². The molecule has 1 fully saturated rings. The Morgan fingerprint density at radius 3 is 2.90 bits per heavy atom. The minimum atomic E-state index is -0.384. The van der Waals surface area contributed by atoms with Crippen LogP contribution in [0.4, 0.5) is 5.69 Å². The molecule has 1 saturated heterocycles. The number of esters is 1. The molecule has 6 heteroatoms. The van der Waals surface area contributed by atoms with Gasteiger partial charge in [-0.1, -0.05) is 0 Å². The summed E-state index contributed by atoms with van der Waals surface area (Å²) in [5.74, 6) is -0.544. The van der Waals surface area contributed by atoms with Gasteiger partial charge in [0, 0.05) is 11.1 Å². The van der Waals surface area contributed by atoms with E-state index in [9.17, 15) is 9.59 Å². The Hall–Kier alpha value is -1.40. The zero-order valence-electron chi connectivity index (χ0n) is 11.1. The van der Waals surface area contributed by atoms with Gasteiger partial charge in [0.2, 0.25) is 0 Å². The van der Waals surface area contributed by atoms with Gasteiger partial charge in [0.1, 0.15) is 6.10 Å². The first-order valence-electron chi connectivity index (χ1n) is 6.51. The normalized spacial score (nSPS) is 17.8. The second-order valence-electron chi connectivity index (χ2n) is 4.41. The first-order chi connectivity index (χ1) is 9.61. The molecular weight excluding hydrogens is 326 g/mol. The highest BCUT2D eigenvalue weighted by molar-refractivity contribution is 9.10. The lowest BCUT2D eigenvalue weighted by molar-refractivity contribution is -0.124. The molecule has 0 spiro atoms. The van der Waals surface area contributed by atoms with Crippen LogP contribution in [0, 0.1) is 0 Å². The fourth-order valence-electron chi connectivity index (χ4n) is 1.96. The molecule has 0 unspecified atom stereocenters. The third-order valence-electron chi connectivity index (χ3n) is 2.96. The molecule has 0 bridgehead atoms. The summed E-state index contributed by atoms with van der Waals surface area (Å²) >= 11 is 3.34. The van der Waals surface area contributed by atoms with Crippen molar-refractivity contribution < 1.29 is 19.1 Å². The van der Waals surface area contributed by atoms with Crippen LogP contribution in [0.3, 0.4) is 0 Å². The zero-order valence-corrected chi connectivity index (χ0v) is 12.7. The molecule has 1 aliphatic heterocycles. The molecule has 1 N–H and O–H groups in total. The molecule has 5 nitrogen and oxygen atoms in total. The molecule has 0 radical (unpaired) electrons. The standard InChI is InChI=1S/C14H16BrNO4/c1-2-19-14(18)9-5-6-11(10(15)8-9)16-13(17)12-4-3-7-20-12/h5-6,8,12H,2-4,7H2,1H3,(H,16,17)/t12-/m1/s1. The van der Waals surface area contributed by atoms with Gasteiger partial charge in [-0.25, -0.2) is 4.79 Å². The summed E-state index contributed by atoms with van der Waals surface area (Å²) in [5, 5.41) is 2.79. The van der Waals surface area contributed by atoms with E-state index in [-0.39, 0.29) is 18.0 Å². The lowest BCUT2D eigenvalue weighted by atomic mass is 10.2. The SMILES string of the molecule is CCOC(=O)c1ccc(NC(=O)[C@H]2CCCO2)c(Br)c1. The summed E-state index contributed by atoms with van der Waals surface area (Å²) in [6, 6.07) is 4.92. The second kappa shape index (κ2) is 6.85. The van der Waals surface area contributed by atoms with Crippen molar-refractivity contribution in [3.63, 3.8) is 0 Å². The van der Waals surface area contributed by atoms with Gasteiger partial charge in [-0.3, -0.25) is 4.79 Å². The monoisotopic (exact) mass is 341 g/mol. The number of hydrogen-bond acceptors (Lipinski definition) is 4. The first kappa shape index (κ1) is 15.0. The fourth-order valence-corrected chi connectivity index (χ4v) is 2.43. The van der Waals surface area contributed by atoms with Crippen LogP contribution < -0.4 is 5.32 Å². The van der Waals surface area contributed by atoms with E-state index >= 15 is 0 Å². The van der Waals surface area contributed by atoms with Crippen LogP contribution in [0.25, 0.3) is 0 Å². The number of ether oxygens (including phenoxy) is 2. The molecule has 0 aromatic heterocycles. The Morgan fingerprint density at radius 2 is 2.30 bits per heavy atom. The topological polar surface area (TPSA) is 64.6 Å². The van der Waals surface area contributed by atoms with E-state index in [0.29, 0.717) is 28.9 Å². The lowest BCUT2D eigenvalue weighted by Gasteiger charge is -2.12. The van der Waals surface area contributed by atoms with Crippen molar-refractivity contribution >= 4 is 33.5 Å². The number of anilines is 1. The molecule has 0 aliphatic carbocycles. The van der Waals surface area contributed by atoms with Gasteiger partial charge in [0.05, 0.1) is 17.9 Å². The largest absolute Gasteiger partial charge is 0.462 e. The first-order valence-corrected chi connectivity index (χ1v) is 7.30.